The maximum absolute atomic E-state index is 13.1. The average Bonchev–Trinajstić information content (AvgIpc) is 2.89. The van der Waals surface area contributed by atoms with Gasteiger partial charge in [-0.25, -0.2) is 0 Å². The van der Waals surface area contributed by atoms with Crippen LogP contribution in [0.25, 0.3) is 0 Å². The number of amides is 1. The van der Waals surface area contributed by atoms with Gasteiger partial charge in [-0.1, -0.05) is 42.3 Å². The maximum atomic E-state index is 13.1. The second-order valence-corrected chi connectivity index (χ2v) is 6.86. The third kappa shape index (κ3) is 4.35. The Labute approximate surface area is 154 Å². The third-order valence-electron chi connectivity index (χ3n) is 4.72. The van der Waals surface area contributed by atoms with Gasteiger partial charge in [0.05, 0.1) is 12.2 Å². The number of nitrogens with zero attached hydrogens (tertiary/aromatic N) is 1. The lowest BCUT2D eigenvalue weighted by molar-refractivity contribution is 0.0750. The molecule has 1 unspecified atom stereocenters. The Kier molecular flexibility index (Phi) is 5.98. The Hall–Kier alpha value is -2.00. The molecule has 3 nitrogen and oxygen atoms in total. The average molecular weight is 358 g/mol. The highest BCUT2D eigenvalue weighted by Gasteiger charge is 2.25. The van der Waals surface area contributed by atoms with Gasteiger partial charge in [-0.3, -0.25) is 4.79 Å². The number of carbonyl (C=O) groups is 1. The molecule has 0 N–H and O–H groups in total. The number of para-hydroxylation sites is 1. The summed E-state index contributed by atoms with van der Waals surface area (Å²) in [6, 6.07) is 15.5. The predicted molar refractivity (Wildman–Crippen MR) is 102 cm³/mol. The second kappa shape index (κ2) is 8.39. The fraction of sp³-hybridized carbons (Fsp3) is 0.381. The first-order valence-corrected chi connectivity index (χ1v) is 9.33. The molecule has 2 aromatic rings. The van der Waals surface area contributed by atoms with E-state index in [2.05, 4.69) is 12.1 Å². The molecule has 0 bridgehead atoms. The van der Waals surface area contributed by atoms with Crippen LogP contribution in [0.3, 0.4) is 0 Å². The van der Waals surface area contributed by atoms with Crippen molar-refractivity contribution >= 4 is 17.5 Å². The fourth-order valence-corrected chi connectivity index (χ4v) is 3.55. The van der Waals surface area contributed by atoms with Crippen molar-refractivity contribution in [2.45, 2.75) is 32.1 Å². The van der Waals surface area contributed by atoms with Crippen LogP contribution >= 0.6 is 11.6 Å². The summed E-state index contributed by atoms with van der Waals surface area (Å²) in [6.45, 7) is 4.02. The standard InChI is InChI=1S/C21H24ClNO2/c1-2-25-20-9-4-3-8-19(20)21(24)23-14-6-5-7-17(15-23)16-10-12-18(22)13-11-16/h3-4,8-13,17H,2,5-7,14-15H2,1H3. The lowest BCUT2D eigenvalue weighted by Crippen LogP contribution is -2.34. The van der Waals surface area contributed by atoms with Crippen molar-refractivity contribution in [1.29, 1.82) is 0 Å². The zero-order valence-corrected chi connectivity index (χ0v) is 15.3. The number of hydrogen-bond donors (Lipinski definition) is 0. The van der Waals surface area contributed by atoms with E-state index < -0.39 is 0 Å². The molecule has 0 saturated carbocycles. The molecule has 4 heteroatoms. The Morgan fingerprint density at radius 3 is 2.68 bits per heavy atom. The molecule has 1 aliphatic rings. The van der Waals surface area contributed by atoms with E-state index in [1.807, 2.05) is 48.2 Å². The number of halogens is 1. The van der Waals surface area contributed by atoms with Gasteiger partial charge >= 0.3 is 0 Å². The van der Waals surface area contributed by atoms with Gasteiger partial charge < -0.3 is 9.64 Å². The Morgan fingerprint density at radius 1 is 1.16 bits per heavy atom. The first-order chi connectivity index (χ1) is 12.2. The molecule has 2 aromatic carbocycles. The van der Waals surface area contributed by atoms with Crippen LogP contribution in [0.5, 0.6) is 5.75 Å². The van der Waals surface area contributed by atoms with Crippen molar-refractivity contribution in [3.8, 4) is 5.75 Å². The number of hydrogen-bond acceptors (Lipinski definition) is 2. The summed E-state index contributed by atoms with van der Waals surface area (Å²) in [5, 5.41) is 0.746. The first-order valence-electron chi connectivity index (χ1n) is 8.95. The van der Waals surface area contributed by atoms with E-state index in [0.29, 0.717) is 23.8 Å². The summed E-state index contributed by atoms with van der Waals surface area (Å²) in [5.74, 6) is 1.08. The zero-order chi connectivity index (χ0) is 17.6. The molecule has 1 fully saturated rings. The van der Waals surface area contributed by atoms with E-state index in [4.69, 9.17) is 16.3 Å². The summed E-state index contributed by atoms with van der Waals surface area (Å²) in [6.07, 6.45) is 3.26. The normalized spacial score (nSPS) is 17.8. The summed E-state index contributed by atoms with van der Waals surface area (Å²) < 4.78 is 5.64. The molecule has 1 heterocycles. The van der Waals surface area contributed by atoms with Crippen LogP contribution in [0, 0.1) is 0 Å². The van der Waals surface area contributed by atoms with Gasteiger partial charge in [0.15, 0.2) is 0 Å². The molecule has 0 spiro atoms. The molecule has 132 valence electrons. The SMILES string of the molecule is CCOc1ccccc1C(=O)N1CCCCC(c2ccc(Cl)cc2)C1. The topological polar surface area (TPSA) is 29.5 Å². The third-order valence-corrected chi connectivity index (χ3v) is 4.97. The molecular formula is C21H24ClNO2. The quantitative estimate of drug-likeness (QED) is 0.757. The van der Waals surface area contributed by atoms with E-state index in [0.717, 1.165) is 37.4 Å². The van der Waals surface area contributed by atoms with Gasteiger partial charge in [-0.05, 0) is 49.6 Å². The fourth-order valence-electron chi connectivity index (χ4n) is 3.43. The summed E-state index contributed by atoms with van der Waals surface area (Å²) in [4.78, 5) is 15.1. The number of carbonyl (C=O) groups excluding carboxylic acids is 1. The van der Waals surface area contributed by atoms with Crippen molar-refractivity contribution in [2.24, 2.45) is 0 Å². The molecule has 1 atom stereocenters. The molecule has 1 aliphatic heterocycles. The minimum atomic E-state index is 0.0601. The molecule has 0 aliphatic carbocycles. The lowest BCUT2D eigenvalue weighted by Gasteiger charge is -2.25. The van der Waals surface area contributed by atoms with Crippen LogP contribution < -0.4 is 4.74 Å². The summed E-state index contributed by atoms with van der Waals surface area (Å²) in [5.41, 5.74) is 1.91. The van der Waals surface area contributed by atoms with Gasteiger partial charge in [0.25, 0.3) is 5.91 Å². The summed E-state index contributed by atoms with van der Waals surface area (Å²) in [7, 11) is 0. The number of ether oxygens (including phenoxy) is 1. The maximum Gasteiger partial charge on any atom is 0.257 e. The van der Waals surface area contributed by atoms with Gasteiger partial charge in [0.2, 0.25) is 0 Å². The van der Waals surface area contributed by atoms with E-state index >= 15 is 0 Å². The smallest absolute Gasteiger partial charge is 0.257 e. The highest BCUT2D eigenvalue weighted by molar-refractivity contribution is 6.30. The van der Waals surface area contributed by atoms with Crippen molar-refractivity contribution in [1.82, 2.24) is 4.90 Å². The van der Waals surface area contributed by atoms with E-state index in [1.54, 1.807) is 0 Å². The Morgan fingerprint density at radius 2 is 1.92 bits per heavy atom. The number of rotatable bonds is 4. The molecule has 0 aromatic heterocycles. The first kappa shape index (κ1) is 17.8. The van der Waals surface area contributed by atoms with Crippen molar-refractivity contribution in [3.63, 3.8) is 0 Å². The van der Waals surface area contributed by atoms with E-state index in [9.17, 15) is 4.79 Å². The van der Waals surface area contributed by atoms with Crippen molar-refractivity contribution < 1.29 is 9.53 Å². The largest absolute Gasteiger partial charge is 0.493 e. The molecule has 25 heavy (non-hydrogen) atoms. The Balaban J connectivity index is 1.81. The number of likely N-dealkylation sites (tertiary alicyclic amines) is 1. The van der Waals surface area contributed by atoms with Gasteiger partial charge in [0.1, 0.15) is 5.75 Å². The molecule has 0 radical (unpaired) electrons. The summed E-state index contributed by atoms with van der Waals surface area (Å²) >= 11 is 6.01. The highest BCUT2D eigenvalue weighted by Crippen LogP contribution is 2.29. The van der Waals surface area contributed by atoms with Crippen LogP contribution in [0.1, 0.15) is 48.0 Å². The minimum Gasteiger partial charge on any atom is -0.493 e. The molecule has 3 rings (SSSR count). The van der Waals surface area contributed by atoms with Gasteiger partial charge in [-0.2, -0.15) is 0 Å². The minimum absolute atomic E-state index is 0.0601. The van der Waals surface area contributed by atoms with Crippen LogP contribution in [0.15, 0.2) is 48.5 Å². The second-order valence-electron chi connectivity index (χ2n) is 6.42. The van der Waals surface area contributed by atoms with E-state index in [1.165, 1.54) is 5.56 Å². The van der Waals surface area contributed by atoms with E-state index in [-0.39, 0.29) is 5.91 Å². The van der Waals surface area contributed by atoms with Crippen LogP contribution in [0.4, 0.5) is 0 Å². The lowest BCUT2D eigenvalue weighted by atomic mass is 9.94. The molecule has 1 saturated heterocycles. The van der Waals surface area contributed by atoms with Crippen molar-refractivity contribution in [3.05, 3.63) is 64.7 Å². The predicted octanol–water partition coefficient (Wildman–Crippen LogP) is 5.15. The monoisotopic (exact) mass is 357 g/mol. The zero-order valence-electron chi connectivity index (χ0n) is 14.6. The van der Waals surface area contributed by atoms with Crippen LogP contribution in [-0.2, 0) is 0 Å². The highest BCUT2D eigenvalue weighted by atomic mass is 35.5. The molecule has 1 amide bonds. The van der Waals surface area contributed by atoms with Crippen LogP contribution in [-0.4, -0.2) is 30.5 Å². The van der Waals surface area contributed by atoms with Crippen molar-refractivity contribution in [2.75, 3.05) is 19.7 Å². The van der Waals surface area contributed by atoms with Gasteiger partial charge in [0, 0.05) is 24.0 Å². The molecular weight excluding hydrogens is 334 g/mol. The van der Waals surface area contributed by atoms with Crippen LogP contribution in [0.2, 0.25) is 5.02 Å². The number of benzene rings is 2. The Bertz CT molecular complexity index is 714. The van der Waals surface area contributed by atoms with Gasteiger partial charge in [-0.15, -0.1) is 0 Å².